The molecule has 3 heterocycles. The summed E-state index contributed by atoms with van der Waals surface area (Å²) in [6, 6.07) is 8.78. The van der Waals surface area contributed by atoms with E-state index < -0.39 is 9.84 Å². The van der Waals surface area contributed by atoms with Crippen LogP contribution in [0.2, 0.25) is 0 Å². The fourth-order valence-corrected chi connectivity index (χ4v) is 6.37. The molecule has 0 unspecified atom stereocenters. The van der Waals surface area contributed by atoms with Crippen LogP contribution in [0.15, 0.2) is 24.3 Å². The van der Waals surface area contributed by atoms with Crippen molar-refractivity contribution in [3.63, 3.8) is 0 Å². The number of aromatic nitrogens is 1. The first kappa shape index (κ1) is 24.5. The van der Waals surface area contributed by atoms with Crippen LogP contribution in [-0.4, -0.2) is 91.9 Å². The van der Waals surface area contributed by atoms with E-state index in [1.807, 2.05) is 0 Å². The van der Waals surface area contributed by atoms with Crippen molar-refractivity contribution >= 4 is 43.6 Å². The molecule has 0 aliphatic carbocycles. The third-order valence-corrected chi connectivity index (χ3v) is 8.94. The molecule has 0 atom stereocenters. The summed E-state index contributed by atoms with van der Waals surface area (Å²) in [4.78, 5) is 13.2. The van der Waals surface area contributed by atoms with Crippen molar-refractivity contribution in [2.45, 2.75) is 33.1 Å². The van der Waals surface area contributed by atoms with Crippen molar-refractivity contribution in [2.24, 2.45) is 0 Å². The number of rotatable bonds is 8. The fourth-order valence-electron chi connectivity index (χ4n) is 4.78. The van der Waals surface area contributed by atoms with Crippen LogP contribution < -0.4 is 4.90 Å². The van der Waals surface area contributed by atoms with Crippen molar-refractivity contribution in [1.82, 2.24) is 14.8 Å². The highest BCUT2D eigenvalue weighted by Gasteiger charge is 2.21. The molecule has 0 saturated carbocycles. The first-order chi connectivity index (χ1) is 15.8. The number of likely N-dealkylation sites (N-methyl/N-ethyl adjacent to an activating group) is 1. The molecule has 8 heteroatoms. The first-order valence-corrected chi connectivity index (χ1v) is 14.4. The van der Waals surface area contributed by atoms with Gasteiger partial charge in [0.25, 0.3) is 0 Å². The highest BCUT2D eigenvalue weighted by atomic mass is 32.2. The van der Waals surface area contributed by atoms with Crippen molar-refractivity contribution in [3.05, 3.63) is 35.4 Å². The van der Waals surface area contributed by atoms with Gasteiger partial charge in [0.2, 0.25) is 0 Å². The summed E-state index contributed by atoms with van der Waals surface area (Å²) in [7, 11) is -2.81. The first-order valence-electron chi connectivity index (χ1n) is 12.1. The number of fused-ring (bicyclic) bond motifs is 1. The number of piperazine rings is 1. The molecule has 0 amide bonds. The van der Waals surface area contributed by atoms with E-state index in [1.165, 1.54) is 16.5 Å². The van der Waals surface area contributed by atoms with Crippen LogP contribution in [-0.2, 0) is 16.3 Å². The highest BCUT2D eigenvalue weighted by Crippen LogP contribution is 2.25. The number of nitrogens with zero attached hydrogens (tertiary/aromatic N) is 4. The molecule has 2 aromatic rings. The lowest BCUT2D eigenvalue weighted by Gasteiger charge is -2.35. The molecule has 6 nitrogen and oxygen atoms in total. The van der Waals surface area contributed by atoms with Gasteiger partial charge in [0, 0.05) is 51.1 Å². The number of pyridine rings is 1. The average molecular weight is 489 g/mol. The van der Waals surface area contributed by atoms with E-state index in [1.54, 1.807) is 0 Å². The van der Waals surface area contributed by atoms with Crippen LogP contribution in [0, 0.1) is 6.92 Å². The van der Waals surface area contributed by atoms with E-state index in [2.05, 4.69) is 52.8 Å². The molecule has 0 N–H and O–H groups in total. The van der Waals surface area contributed by atoms with Crippen molar-refractivity contribution in [2.75, 3.05) is 68.8 Å². The van der Waals surface area contributed by atoms with Crippen LogP contribution in [0.1, 0.15) is 30.9 Å². The fraction of sp³-hybridized carbons (Fsp3) is 0.600. The molecule has 2 saturated heterocycles. The molecular formula is C25H36N4O2S2. The summed E-state index contributed by atoms with van der Waals surface area (Å²) in [5.41, 5.74) is 3.56. The predicted molar refractivity (Wildman–Crippen MR) is 141 cm³/mol. The molecule has 0 bridgehead atoms. The molecular weight excluding hydrogens is 452 g/mol. The lowest BCUT2D eigenvalue weighted by atomic mass is 10.0. The summed E-state index contributed by atoms with van der Waals surface area (Å²) in [5, 5.41) is 1.21. The summed E-state index contributed by atoms with van der Waals surface area (Å²) in [6.07, 6.45) is 2.69. The van der Waals surface area contributed by atoms with Gasteiger partial charge >= 0.3 is 0 Å². The molecule has 180 valence electrons. The third-order valence-electron chi connectivity index (χ3n) is 6.98. The smallest absolute Gasteiger partial charge is 0.152 e. The Morgan fingerprint density at radius 1 is 1.03 bits per heavy atom. The van der Waals surface area contributed by atoms with Crippen LogP contribution >= 0.6 is 12.2 Å². The van der Waals surface area contributed by atoms with Gasteiger partial charge in [0.15, 0.2) is 9.84 Å². The van der Waals surface area contributed by atoms with Gasteiger partial charge in [0.1, 0.15) is 5.82 Å². The van der Waals surface area contributed by atoms with E-state index in [0.29, 0.717) is 24.6 Å². The van der Waals surface area contributed by atoms with Crippen molar-refractivity contribution < 1.29 is 8.42 Å². The molecule has 0 spiro atoms. The maximum absolute atomic E-state index is 11.6. The van der Waals surface area contributed by atoms with Crippen LogP contribution in [0.4, 0.5) is 5.82 Å². The Morgan fingerprint density at radius 2 is 1.76 bits per heavy atom. The minimum Gasteiger partial charge on any atom is -0.354 e. The monoisotopic (exact) mass is 488 g/mol. The largest absolute Gasteiger partial charge is 0.354 e. The van der Waals surface area contributed by atoms with Crippen LogP contribution in [0.25, 0.3) is 10.9 Å². The van der Waals surface area contributed by atoms with Crippen LogP contribution in [0.5, 0.6) is 0 Å². The minimum atomic E-state index is -2.81. The minimum absolute atomic E-state index is 0.290. The topological polar surface area (TPSA) is 56.8 Å². The molecule has 2 aliphatic rings. The second kappa shape index (κ2) is 10.8. The zero-order chi connectivity index (χ0) is 23.4. The Hall–Kier alpha value is -1.61. The number of benzene rings is 1. The van der Waals surface area contributed by atoms with Gasteiger partial charge in [-0.25, -0.2) is 13.4 Å². The Labute approximate surface area is 203 Å². The van der Waals surface area contributed by atoms with Gasteiger partial charge < -0.3 is 14.7 Å². The van der Waals surface area contributed by atoms with Gasteiger partial charge in [-0.3, -0.25) is 0 Å². The van der Waals surface area contributed by atoms with Gasteiger partial charge in [-0.15, -0.1) is 0 Å². The summed E-state index contributed by atoms with van der Waals surface area (Å²) in [5.74, 6) is 1.67. The van der Waals surface area contributed by atoms with E-state index in [-0.39, 0.29) is 0 Å². The summed E-state index contributed by atoms with van der Waals surface area (Å²) >= 11 is 5.68. The van der Waals surface area contributed by atoms with Gasteiger partial charge in [0.05, 0.1) is 17.0 Å². The molecule has 4 rings (SSSR count). The lowest BCUT2D eigenvalue weighted by Crippen LogP contribution is -2.46. The Balaban J connectivity index is 1.32. The SMILES string of the molecule is CCN1CCN(c2cc(C)c3cc(CC(=S)CCCN4CCS(=O)(=O)CC4)ccc3n2)CC1. The summed E-state index contributed by atoms with van der Waals surface area (Å²) in [6.45, 7) is 12.0. The quantitative estimate of drug-likeness (QED) is 0.529. The van der Waals surface area contributed by atoms with E-state index in [0.717, 1.165) is 74.7 Å². The molecule has 1 aromatic carbocycles. The average Bonchev–Trinajstić information content (AvgIpc) is 2.80. The van der Waals surface area contributed by atoms with Gasteiger partial charge in [-0.2, -0.15) is 0 Å². The molecule has 2 fully saturated rings. The molecule has 1 aromatic heterocycles. The normalized spacial score (nSPS) is 19.8. The number of thiocarbonyl (C=S) groups is 1. The predicted octanol–water partition coefficient (Wildman–Crippen LogP) is 3.11. The lowest BCUT2D eigenvalue weighted by molar-refractivity contribution is 0.270. The zero-order valence-electron chi connectivity index (χ0n) is 19.9. The third kappa shape index (κ3) is 6.50. The maximum Gasteiger partial charge on any atom is 0.152 e. The number of aryl methyl sites for hydroxylation is 1. The number of sulfone groups is 1. The molecule has 2 aliphatic heterocycles. The number of hydrogen-bond donors (Lipinski definition) is 0. The highest BCUT2D eigenvalue weighted by molar-refractivity contribution is 7.91. The maximum atomic E-state index is 11.6. The van der Waals surface area contributed by atoms with Crippen LogP contribution in [0.3, 0.4) is 0 Å². The van der Waals surface area contributed by atoms with E-state index >= 15 is 0 Å². The Bertz CT molecular complexity index is 1080. The van der Waals surface area contributed by atoms with Crippen molar-refractivity contribution in [1.29, 1.82) is 0 Å². The number of anilines is 1. The van der Waals surface area contributed by atoms with E-state index in [4.69, 9.17) is 17.2 Å². The Kier molecular flexibility index (Phi) is 7.99. The van der Waals surface area contributed by atoms with Crippen molar-refractivity contribution in [3.8, 4) is 0 Å². The molecule has 0 radical (unpaired) electrons. The summed E-state index contributed by atoms with van der Waals surface area (Å²) < 4.78 is 23.1. The second-order valence-corrected chi connectivity index (χ2v) is 12.3. The van der Waals surface area contributed by atoms with E-state index in [9.17, 15) is 8.42 Å². The molecule has 33 heavy (non-hydrogen) atoms. The standard InChI is InChI=1S/C25H36N4O2S2/c1-3-27-9-11-29(12-10-27)25-17-20(2)23-19-21(6-7-24(23)26-25)18-22(32)5-4-8-28-13-15-33(30,31)16-14-28/h6-7,17,19H,3-5,8-16,18H2,1-2H3. The number of hydrogen-bond acceptors (Lipinski definition) is 7. The zero-order valence-corrected chi connectivity index (χ0v) is 21.6. The van der Waals surface area contributed by atoms with Gasteiger partial charge in [-0.05, 0) is 67.0 Å². The van der Waals surface area contributed by atoms with Gasteiger partial charge in [-0.1, -0.05) is 25.2 Å². The Morgan fingerprint density at radius 3 is 2.45 bits per heavy atom. The second-order valence-electron chi connectivity index (χ2n) is 9.38.